The van der Waals surface area contributed by atoms with E-state index in [1.54, 1.807) is 0 Å². The van der Waals surface area contributed by atoms with E-state index in [9.17, 15) is 13.2 Å². The second-order valence-corrected chi connectivity index (χ2v) is 5.51. The first-order chi connectivity index (χ1) is 11.4. The zero-order valence-corrected chi connectivity index (χ0v) is 13.1. The molecule has 1 aromatic heterocycles. The van der Waals surface area contributed by atoms with Gasteiger partial charge in [-0.15, -0.1) is 0 Å². The van der Waals surface area contributed by atoms with E-state index in [4.69, 9.17) is 5.73 Å². The van der Waals surface area contributed by atoms with Crippen molar-refractivity contribution in [1.29, 1.82) is 0 Å². The highest BCUT2D eigenvalue weighted by atomic mass is 19.2. The van der Waals surface area contributed by atoms with Crippen molar-refractivity contribution in [3.63, 3.8) is 0 Å². The number of nitrogens with zero attached hydrogens (tertiary/aromatic N) is 3. The van der Waals surface area contributed by atoms with Gasteiger partial charge in [0, 0.05) is 13.6 Å². The van der Waals surface area contributed by atoms with Crippen molar-refractivity contribution in [2.75, 3.05) is 17.7 Å². The lowest BCUT2D eigenvalue weighted by Crippen LogP contribution is -2.20. The van der Waals surface area contributed by atoms with Crippen LogP contribution in [0.3, 0.4) is 0 Å². The number of anilines is 2. The third-order valence-corrected chi connectivity index (χ3v) is 3.73. The number of halogens is 3. The second-order valence-electron chi connectivity index (χ2n) is 5.51. The molecule has 0 aliphatic carbocycles. The van der Waals surface area contributed by atoms with Crippen molar-refractivity contribution in [2.24, 2.45) is 0 Å². The van der Waals surface area contributed by atoms with E-state index in [1.807, 2.05) is 30.3 Å². The minimum Gasteiger partial charge on any atom is -0.383 e. The third kappa shape index (κ3) is 2.62. The highest BCUT2D eigenvalue weighted by molar-refractivity contribution is 5.92. The van der Waals surface area contributed by atoms with Crippen LogP contribution in [0.25, 0.3) is 10.9 Å². The maximum atomic E-state index is 14.8. The highest BCUT2D eigenvalue weighted by Gasteiger charge is 2.26. The molecule has 2 aromatic carbocycles. The van der Waals surface area contributed by atoms with Crippen LogP contribution in [-0.2, 0) is 6.54 Å². The Labute approximate surface area is 136 Å². The van der Waals surface area contributed by atoms with Gasteiger partial charge in [0.25, 0.3) is 0 Å². The topological polar surface area (TPSA) is 55.0 Å². The Hall–Kier alpha value is -2.83. The van der Waals surface area contributed by atoms with E-state index in [0.29, 0.717) is 0 Å². The molecular formula is C17H15F3N4. The molecule has 0 saturated carbocycles. The van der Waals surface area contributed by atoms with E-state index in [1.165, 1.54) is 18.9 Å². The lowest BCUT2D eigenvalue weighted by molar-refractivity contribution is 0.503. The molecule has 0 amide bonds. The Bertz CT molecular complexity index is 913. The van der Waals surface area contributed by atoms with Crippen LogP contribution >= 0.6 is 0 Å². The summed E-state index contributed by atoms with van der Waals surface area (Å²) in [5.74, 6) is -3.62. The number of nitrogen functional groups attached to an aromatic ring is 1. The minimum atomic E-state index is -1.31. The quantitative estimate of drug-likeness (QED) is 0.745. The van der Waals surface area contributed by atoms with Gasteiger partial charge in [-0.2, -0.15) is 0 Å². The summed E-state index contributed by atoms with van der Waals surface area (Å²) in [6, 6.07) is 9.09. The van der Waals surface area contributed by atoms with Crippen molar-refractivity contribution >= 4 is 22.4 Å². The van der Waals surface area contributed by atoms with Crippen molar-refractivity contribution in [3.05, 3.63) is 59.2 Å². The largest absolute Gasteiger partial charge is 0.383 e. The minimum absolute atomic E-state index is 0.182. The molecule has 1 heterocycles. The van der Waals surface area contributed by atoms with Crippen molar-refractivity contribution < 1.29 is 13.2 Å². The summed E-state index contributed by atoms with van der Waals surface area (Å²) in [4.78, 5) is 8.96. The van der Waals surface area contributed by atoms with Gasteiger partial charge in [-0.1, -0.05) is 30.3 Å². The SMILES string of the molecule is Cc1nc(N)c2c(F)c(F)c(N(C)Cc3ccccc3)c(F)c2n1. The van der Waals surface area contributed by atoms with E-state index >= 15 is 0 Å². The van der Waals surface area contributed by atoms with E-state index in [2.05, 4.69) is 9.97 Å². The van der Waals surface area contributed by atoms with E-state index in [-0.39, 0.29) is 23.7 Å². The Balaban J connectivity index is 2.18. The zero-order valence-electron chi connectivity index (χ0n) is 13.1. The Morgan fingerprint density at radius 2 is 1.67 bits per heavy atom. The van der Waals surface area contributed by atoms with Crippen LogP contribution in [0.5, 0.6) is 0 Å². The number of hydrogen-bond acceptors (Lipinski definition) is 4. The molecule has 0 fully saturated rings. The summed E-state index contributed by atoms with van der Waals surface area (Å²) in [7, 11) is 1.48. The molecule has 7 heteroatoms. The Kier molecular flexibility index (Phi) is 4.01. The van der Waals surface area contributed by atoms with Crippen LogP contribution in [0.1, 0.15) is 11.4 Å². The number of aryl methyl sites for hydroxylation is 1. The molecule has 0 atom stereocenters. The van der Waals surface area contributed by atoms with E-state index in [0.717, 1.165) is 5.56 Å². The molecule has 2 N–H and O–H groups in total. The number of rotatable bonds is 3. The average Bonchev–Trinajstić information content (AvgIpc) is 2.53. The van der Waals surface area contributed by atoms with Crippen molar-refractivity contribution in [1.82, 2.24) is 9.97 Å². The molecule has 0 unspecified atom stereocenters. The predicted molar refractivity (Wildman–Crippen MR) is 87.1 cm³/mol. The lowest BCUT2D eigenvalue weighted by atomic mass is 10.1. The standard InChI is InChI=1S/C17H15F3N4/c1-9-22-15-11(17(21)23-9)12(18)13(19)16(14(15)20)24(2)8-10-6-4-3-5-7-10/h3-7H,8H2,1-2H3,(H2,21,22,23). The van der Waals surface area contributed by atoms with E-state index < -0.39 is 28.5 Å². The van der Waals surface area contributed by atoms with Crippen LogP contribution < -0.4 is 10.6 Å². The van der Waals surface area contributed by atoms with Gasteiger partial charge in [0.15, 0.2) is 17.5 Å². The van der Waals surface area contributed by atoms with Crippen molar-refractivity contribution in [3.8, 4) is 0 Å². The number of nitrogens with two attached hydrogens (primary N) is 1. The average molecular weight is 332 g/mol. The van der Waals surface area contributed by atoms with Gasteiger partial charge < -0.3 is 10.6 Å². The third-order valence-electron chi connectivity index (χ3n) is 3.73. The van der Waals surface area contributed by atoms with Crippen LogP contribution in [0, 0.1) is 24.4 Å². The Morgan fingerprint density at radius 1 is 1.00 bits per heavy atom. The van der Waals surface area contributed by atoms with Gasteiger partial charge in [0.2, 0.25) is 0 Å². The predicted octanol–water partition coefficient (Wildman–Crippen LogP) is 3.57. The normalized spacial score (nSPS) is 11.0. The number of fused-ring (bicyclic) bond motifs is 1. The first-order valence-corrected chi connectivity index (χ1v) is 7.25. The monoisotopic (exact) mass is 332 g/mol. The molecule has 0 saturated heterocycles. The van der Waals surface area contributed by atoms with Gasteiger partial charge in [0.05, 0.1) is 5.39 Å². The molecule has 0 aliphatic heterocycles. The lowest BCUT2D eigenvalue weighted by Gasteiger charge is -2.22. The van der Waals surface area contributed by atoms with Crippen LogP contribution in [0.15, 0.2) is 30.3 Å². The smallest absolute Gasteiger partial charge is 0.186 e. The molecule has 0 radical (unpaired) electrons. The number of hydrogen-bond donors (Lipinski definition) is 1. The van der Waals surface area contributed by atoms with Crippen molar-refractivity contribution in [2.45, 2.75) is 13.5 Å². The molecule has 24 heavy (non-hydrogen) atoms. The van der Waals surface area contributed by atoms with Crippen LogP contribution in [-0.4, -0.2) is 17.0 Å². The summed E-state index contributed by atoms with van der Waals surface area (Å²) < 4.78 is 43.7. The summed E-state index contributed by atoms with van der Waals surface area (Å²) in [6.45, 7) is 1.71. The molecule has 4 nitrogen and oxygen atoms in total. The van der Waals surface area contributed by atoms with Gasteiger partial charge in [-0.3, -0.25) is 0 Å². The summed E-state index contributed by atoms with van der Waals surface area (Å²) >= 11 is 0. The van der Waals surface area contributed by atoms with Gasteiger partial charge in [0.1, 0.15) is 22.8 Å². The molecule has 3 aromatic rings. The molecule has 0 aliphatic rings. The highest BCUT2D eigenvalue weighted by Crippen LogP contribution is 2.34. The maximum Gasteiger partial charge on any atom is 0.186 e. The van der Waals surface area contributed by atoms with Gasteiger partial charge in [-0.05, 0) is 12.5 Å². The summed E-state index contributed by atoms with van der Waals surface area (Å²) in [5, 5.41) is -0.438. The zero-order chi connectivity index (χ0) is 17.4. The first kappa shape index (κ1) is 16.0. The van der Waals surface area contributed by atoms with Gasteiger partial charge >= 0.3 is 0 Å². The van der Waals surface area contributed by atoms with Crippen LogP contribution in [0.2, 0.25) is 0 Å². The summed E-state index contributed by atoms with van der Waals surface area (Å²) in [5.41, 5.74) is 5.63. The molecular weight excluding hydrogens is 317 g/mol. The summed E-state index contributed by atoms with van der Waals surface area (Å²) in [6.07, 6.45) is 0. The molecule has 0 bridgehead atoms. The molecule has 124 valence electrons. The molecule has 0 spiro atoms. The second kappa shape index (κ2) is 5.99. The maximum absolute atomic E-state index is 14.8. The Morgan fingerprint density at radius 3 is 2.33 bits per heavy atom. The fourth-order valence-corrected chi connectivity index (χ4v) is 2.66. The fourth-order valence-electron chi connectivity index (χ4n) is 2.66. The fraction of sp³-hybridized carbons (Fsp3) is 0.176. The first-order valence-electron chi connectivity index (χ1n) is 7.25. The molecule has 3 rings (SSSR count). The van der Waals surface area contributed by atoms with Crippen LogP contribution in [0.4, 0.5) is 24.7 Å². The number of benzene rings is 2. The number of aromatic nitrogens is 2. The van der Waals surface area contributed by atoms with Gasteiger partial charge in [-0.25, -0.2) is 23.1 Å².